The minimum Gasteiger partial charge on any atom is -0.454 e. The summed E-state index contributed by atoms with van der Waals surface area (Å²) in [6, 6.07) is 16.5. The fourth-order valence-corrected chi connectivity index (χ4v) is 3.49. The fourth-order valence-electron chi connectivity index (χ4n) is 2.97. The van der Waals surface area contributed by atoms with Gasteiger partial charge in [0.2, 0.25) is 5.91 Å². The van der Waals surface area contributed by atoms with Crippen molar-refractivity contribution in [2.45, 2.75) is 27.7 Å². The number of carbonyl (C=O) groups excluding carboxylic acids is 2. The Labute approximate surface area is 197 Å². The van der Waals surface area contributed by atoms with Gasteiger partial charge < -0.3 is 14.8 Å². The van der Waals surface area contributed by atoms with E-state index in [4.69, 9.17) is 32.7 Å². The van der Waals surface area contributed by atoms with Gasteiger partial charge in [-0.2, -0.15) is 0 Å². The highest BCUT2D eigenvalue weighted by atomic mass is 35.5. The molecule has 0 saturated carbocycles. The van der Waals surface area contributed by atoms with Gasteiger partial charge in [-0.05, 0) is 30.7 Å². The van der Waals surface area contributed by atoms with Gasteiger partial charge in [0, 0.05) is 35.7 Å². The molecule has 5 nitrogen and oxygen atoms in total. The monoisotopic (exact) mass is 471 g/mol. The van der Waals surface area contributed by atoms with E-state index in [1.54, 1.807) is 19.1 Å². The largest absolute Gasteiger partial charge is 0.454 e. The molecule has 0 bridgehead atoms. The standard InChI is InChI=1S/C25H23Cl2NO4/c1-14(2)25(30)28-21-11-10-18(12-19(21)17-8-6-5-7-9-17)32-24-20(26)13-22(31-16(4)29)15(3)23(24)27/h5-14H,1-4H3,(H,28,30). The molecule has 3 aromatic carbocycles. The molecule has 0 radical (unpaired) electrons. The summed E-state index contributed by atoms with van der Waals surface area (Å²) in [6.07, 6.45) is 0. The van der Waals surface area contributed by atoms with Crippen LogP contribution in [0, 0.1) is 12.8 Å². The molecule has 7 heteroatoms. The molecule has 1 N–H and O–H groups in total. The van der Waals surface area contributed by atoms with Crippen LogP contribution in [-0.2, 0) is 9.59 Å². The molecule has 0 aliphatic rings. The van der Waals surface area contributed by atoms with Gasteiger partial charge in [0.1, 0.15) is 11.5 Å². The molecule has 0 aliphatic heterocycles. The molecule has 1 amide bonds. The van der Waals surface area contributed by atoms with Crippen LogP contribution in [0.15, 0.2) is 54.6 Å². The van der Waals surface area contributed by atoms with E-state index in [-0.39, 0.29) is 33.4 Å². The van der Waals surface area contributed by atoms with Crippen molar-refractivity contribution < 1.29 is 19.1 Å². The number of rotatable bonds is 6. The first-order chi connectivity index (χ1) is 15.2. The van der Waals surface area contributed by atoms with Crippen molar-refractivity contribution in [3.05, 3.63) is 70.2 Å². The van der Waals surface area contributed by atoms with E-state index in [2.05, 4.69) is 5.32 Å². The lowest BCUT2D eigenvalue weighted by Crippen LogP contribution is -2.18. The molecule has 3 rings (SSSR count). The number of amides is 1. The molecule has 0 fully saturated rings. The molecule has 0 atom stereocenters. The molecule has 0 heterocycles. The Kier molecular flexibility index (Phi) is 7.44. The van der Waals surface area contributed by atoms with Crippen LogP contribution < -0.4 is 14.8 Å². The summed E-state index contributed by atoms with van der Waals surface area (Å²) in [4.78, 5) is 23.6. The summed E-state index contributed by atoms with van der Waals surface area (Å²) in [5.74, 6) is 0.288. The molecular weight excluding hydrogens is 449 g/mol. The summed E-state index contributed by atoms with van der Waals surface area (Å²) in [5.41, 5.74) is 2.90. The Balaban J connectivity index is 2.02. The Hall–Kier alpha value is -3.02. The van der Waals surface area contributed by atoms with E-state index < -0.39 is 5.97 Å². The van der Waals surface area contributed by atoms with Crippen LogP contribution in [0.4, 0.5) is 5.69 Å². The van der Waals surface area contributed by atoms with Crippen molar-refractivity contribution in [1.29, 1.82) is 0 Å². The highest BCUT2D eigenvalue weighted by molar-refractivity contribution is 6.38. The molecule has 0 aliphatic carbocycles. The number of hydrogen-bond donors (Lipinski definition) is 1. The molecule has 0 saturated heterocycles. The molecule has 166 valence electrons. The summed E-state index contributed by atoms with van der Waals surface area (Å²) < 4.78 is 11.2. The minimum atomic E-state index is -0.472. The topological polar surface area (TPSA) is 64.6 Å². The highest BCUT2D eigenvalue weighted by Gasteiger charge is 2.19. The fraction of sp³-hybridized carbons (Fsp3) is 0.200. The first kappa shape index (κ1) is 23.6. The summed E-state index contributed by atoms with van der Waals surface area (Å²) in [7, 11) is 0. The zero-order chi connectivity index (χ0) is 23.4. The Morgan fingerprint density at radius 1 is 1.00 bits per heavy atom. The van der Waals surface area contributed by atoms with Crippen LogP contribution in [0.25, 0.3) is 11.1 Å². The SMILES string of the molecule is CC(=O)Oc1cc(Cl)c(Oc2ccc(NC(=O)C(C)C)c(-c3ccccc3)c2)c(Cl)c1C. The van der Waals surface area contributed by atoms with E-state index in [9.17, 15) is 9.59 Å². The van der Waals surface area contributed by atoms with Crippen molar-refractivity contribution in [2.75, 3.05) is 5.32 Å². The number of esters is 1. The molecule has 3 aromatic rings. The summed E-state index contributed by atoms with van der Waals surface area (Å²) in [6.45, 7) is 6.68. The predicted molar refractivity (Wildman–Crippen MR) is 128 cm³/mol. The molecular formula is C25H23Cl2NO4. The third-order valence-corrected chi connectivity index (χ3v) is 5.44. The lowest BCUT2D eigenvalue weighted by atomic mass is 10.0. The number of anilines is 1. The van der Waals surface area contributed by atoms with Gasteiger partial charge in [-0.1, -0.05) is 67.4 Å². The number of ether oxygens (including phenoxy) is 2. The maximum atomic E-state index is 12.3. The molecule has 0 aromatic heterocycles. The number of benzene rings is 3. The average molecular weight is 472 g/mol. The quantitative estimate of drug-likeness (QED) is 0.302. The van der Waals surface area contributed by atoms with Crippen molar-refractivity contribution in [1.82, 2.24) is 0 Å². The second kappa shape index (κ2) is 10.1. The smallest absolute Gasteiger partial charge is 0.308 e. The predicted octanol–water partition coefficient (Wildman–Crippen LogP) is 7.28. The van der Waals surface area contributed by atoms with Crippen LogP contribution in [0.3, 0.4) is 0 Å². The summed E-state index contributed by atoms with van der Waals surface area (Å²) >= 11 is 12.8. The van der Waals surface area contributed by atoms with Crippen molar-refractivity contribution in [3.63, 3.8) is 0 Å². The van der Waals surface area contributed by atoms with Gasteiger partial charge in [-0.25, -0.2) is 0 Å². The lowest BCUT2D eigenvalue weighted by molar-refractivity contribution is -0.132. The zero-order valence-corrected chi connectivity index (χ0v) is 19.7. The van der Waals surface area contributed by atoms with Crippen LogP contribution in [0.2, 0.25) is 10.0 Å². The molecule has 32 heavy (non-hydrogen) atoms. The number of hydrogen-bond acceptors (Lipinski definition) is 4. The van der Waals surface area contributed by atoms with E-state index >= 15 is 0 Å². The van der Waals surface area contributed by atoms with Gasteiger partial charge in [0.25, 0.3) is 0 Å². The Morgan fingerprint density at radius 2 is 1.69 bits per heavy atom. The third kappa shape index (κ3) is 5.42. The van der Waals surface area contributed by atoms with E-state index in [0.717, 1.165) is 11.1 Å². The van der Waals surface area contributed by atoms with Crippen LogP contribution in [0.1, 0.15) is 26.3 Å². The van der Waals surface area contributed by atoms with Gasteiger partial charge >= 0.3 is 5.97 Å². The van der Waals surface area contributed by atoms with Crippen molar-refractivity contribution >= 4 is 40.8 Å². The van der Waals surface area contributed by atoms with Gasteiger partial charge in [-0.3, -0.25) is 9.59 Å². The first-order valence-corrected chi connectivity index (χ1v) is 10.8. The number of nitrogens with one attached hydrogen (secondary N) is 1. The second-order valence-corrected chi connectivity index (χ2v) is 8.32. The maximum absolute atomic E-state index is 12.3. The van der Waals surface area contributed by atoms with Gasteiger partial charge in [-0.15, -0.1) is 0 Å². The average Bonchev–Trinajstić information content (AvgIpc) is 2.76. The third-order valence-electron chi connectivity index (χ3n) is 4.70. The van der Waals surface area contributed by atoms with E-state index in [1.807, 2.05) is 50.2 Å². The lowest BCUT2D eigenvalue weighted by Gasteiger charge is -2.17. The zero-order valence-electron chi connectivity index (χ0n) is 18.2. The van der Waals surface area contributed by atoms with E-state index in [0.29, 0.717) is 17.0 Å². The second-order valence-electron chi connectivity index (χ2n) is 7.54. The van der Waals surface area contributed by atoms with E-state index in [1.165, 1.54) is 13.0 Å². The Morgan fingerprint density at radius 3 is 2.31 bits per heavy atom. The first-order valence-electron chi connectivity index (χ1n) is 10.0. The maximum Gasteiger partial charge on any atom is 0.308 e. The highest BCUT2D eigenvalue weighted by Crippen LogP contribution is 2.44. The Bertz CT molecular complexity index is 1160. The van der Waals surface area contributed by atoms with Gasteiger partial charge in [0.15, 0.2) is 5.75 Å². The van der Waals surface area contributed by atoms with Crippen LogP contribution in [0.5, 0.6) is 17.2 Å². The summed E-state index contributed by atoms with van der Waals surface area (Å²) in [5, 5.41) is 3.41. The van der Waals surface area contributed by atoms with Crippen molar-refractivity contribution in [2.24, 2.45) is 5.92 Å². The molecule has 0 unspecified atom stereocenters. The van der Waals surface area contributed by atoms with Crippen molar-refractivity contribution in [3.8, 4) is 28.4 Å². The minimum absolute atomic E-state index is 0.0846. The molecule has 0 spiro atoms. The van der Waals surface area contributed by atoms with Crippen LogP contribution >= 0.6 is 23.2 Å². The normalized spacial score (nSPS) is 10.7. The van der Waals surface area contributed by atoms with Gasteiger partial charge in [0.05, 0.1) is 10.0 Å². The number of halogens is 2. The number of carbonyl (C=O) groups is 2. The van der Waals surface area contributed by atoms with Crippen LogP contribution in [-0.4, -0.2) is 11.9 Å².